The molecular weight excluding hydrogens is 433 g/mol. The Balaban J connectivity index is 2.16. The minimum atomic E-state index is -0.623. The van der Waals surface area contributed by atoms with E-state index >= 15 is 0 Å². The van der Waals surface area contributed by atoms with E-state index in [2.05, 4.69) is 37.1 Å². The third-order valence-corrected chi connectivity index (χ3v) is 5.82. The topological polar surface area (TPSA) is 115 Å². The van der Waals surface area contributed by atoms with Crippen molar-refractivity contribution in [3.63, 3.8) is 0 Å². The number of imidazole rings is 1. The molecular formula is C25H26FN7O. The van der Waals surface area contributed by atoms with E-state index in [0.717, 1.165) is 22.0 Å². The molecule has 2 N–H and O–H groups in total. The number of aryl methyl sites for hydroxylation is 1. The molecule has 0 aliphatic carbocycles. The summed E-state index contributed by atoms with van der Waals surface area (Å²) in [5.74, 6) is -0.514. The number of nitrogens with zero attached hydrogens (tertiary/aromatic N) is 6. The number of pyridine rings is 1. The number of fused-ring (bicyclic) bond motifs is 3. The van der Waals surface area contributed by atoms with Gasteiger partial charge in [-0.05, 0) is 29.2 Å². The van der Waals surface area contributed by atoms with Crippen LogP contribution in [0.5, 0.6) is 0 Å². The van der Waals surface area contributed by atoms with Crippen LogP contribution in [0.1, 0.15) is 31.9 Å². The highest BCUT2D eigenvalue weighted by Crippen LogP contribution is 2.43. The molecule has 0 radical (unpaired) electrons. The van der Waals surface area contributed by atoms with Gasteiger partial charge in [0, 0.05) is 24.5 Å². The maximum absolute atomic E-state index is 14.6. The minimum Gasteiger partial charge on any atom is -0.395 e. The lowest BCUT2D eigenvalue weighted by Gasteiger charge is -2.23. The summed E-state index contributed by atoms with van der Waals surface area (Å²) in [4.78, 5) is 9.18. The van der Waals surface area contributed by atoms with Crippen LogP contribution in [0.2, 0.25) is 0 Å². The summed E-state index contributed by atoms with van der Waals surface area (Å²) in [6, 6.07) is 7.91. The van der Waals surface area contributed by atoms with Gasteiger partial charge in [0.15, 0.2) is 0 Å². The molecule has 4 rings (SSSR count). The van der Waals surface area contributed by atoms with Gasteiger partial charge >= 0.3 is 0 Å². The van der Waals surface area contributed by atoms with Gasteiger partial charge in [0.2, 0.25) is 0 Å². The van der Waals surface area contributed by atoms with E-state index in [1.165, 1.54) is 12.1 Å². The number of nitriles is 2. The predicted molar refractivity (Wildman–Crippen MR) is 127 cm³/mol. The number of halogens is 1. The zero-order valence-electron chi connectivity index (χ0n) is 19.6. The Kier molecular flexibility index (Phi) is 6.09. The van der Waals surface area contributed by atoms with Crippen LogP contribution in [0.4, 0.5) is 4.39 Å². The third kappa shape index (κ3) is 4.01. The number of aliphatic hydroxyl groups is 1. The first kappa shape index (κ1) is 23.4. The number of nitrogens with one attached hydrogen (secondary N) is 1. The lowest BCUT2D eigenvalue weighted by atomic mass is 9.83. The number of hydrogen-bond acceptors (Lipinski definition) is 6. The average Bonchev–Trinajstić information content (AvgIpc) is 3.33. The van der Waals surface area contributed by atoms with Crippen molar-refractivity contribution < 1.29 is 9.50 Å². The monoisotopic (exact) mass is 459 g/mol. The highest BCUT2D eigenvalue weighted by molar-refractivity contribution is 6.07. The second-order valence-corrected chi connectivity index (χ2v) is 9.33. The average molecular weight is 460 g/mol. The molecule has 3 heterocycles. The van der Waals surface area contributed by atoms with Crippen molar-refractivity contribution in [2.75, 3.05) is 13.2 Å². The molecule has 34 heavy (non-hydrogen) atoms. The van der Waals surface area contributed by atoms with Crippen LogP contribution in [-0.2, 0) is 19.0 Å². The Hall–Kier alpha value is -3.79. The molecule has 0 amide bonds. The predicted octanol–water partition coefficient (Wildman–Crippen LogP) is 3.37. The molecule has 4 aromatic rings. The fourth-order valence-electron chi connectivity index (χ4n) is 4.51. The lowest BCUT2D eigenvalue weighted by Crippen LogP contribution is -2.34. The quantitative estimate of drug-likeness (QED) is 0.457. The summed E-state index contributed by atoms with van der Waals surface area (Å²) in [6.45, 7) is 6.58. The van der Waals surface area contributed by atoms with Crippen molar-refractivity contribution in [2.24, 2.45) is 7.05 Å². The largest absolute Gasteiger partial charge is 0.395 e. The van der Waals surface area contributed by atoms with Crippen molar-refractivity contribution >= 4 is 22.1 Å². The lowest BCUT2D eigenvalue weighted by molar-refractivity contribution is 0.286. The SMILES string of the molecule is Cn1cnc2cnc3c(c(C(C)(C)C)c(-c4cc(F)cc(C#N)c4)n3CC(C#N)NCCO)c21. The van der Waals surface area contributed by atoms with Crippen molar-refractivity contribution in [1.29, 1.82) is 10.5 Å². The summed E-state index contributed by atoms with van der Waals surface area (Å²) in [6.07, 6.45) is 3.42. The van der Waals surface area contributed by atoms with Gasteiger partial charge in [-0.3, -0.25) is 5.32 Å². The van der Waals surface area contributed by atoms with E-state index in [-0.39, 0.29) is 25.3 Å². The molecule has 0 aliphatic rings. The normalized spacial score (nSPS) is 12.7. The Bertz CT molecular complexity index is 1460. The first-order valence-electron chi connectivity index (χ1n) is 11.0. The molecule has 0 saturated carbocycles. The van der Waals surface area contributed by atoms with E-state index in [1.807, 2.05) is 22.3 Å². The van der Waals surface area contributed by atoms with Crippen LogP contribution in [0.3, 0.4) is 0 Å². The zero-order chi connectivity index (χ0) is 24.6. The molecule has 9 heteroatoms. The molecule has 0 aliphatic heterocycles. The number of aromatic nitrogens is 4. The maximum Gasteiger partial charge on any atom is 0.143 e. The molecule has 1 unspecified atom stereocenters. The van der Waals surface area contributed by atoms with Crippen LogP contribution in [0, 0.1) is 28.5 Å². The molecule has 3 aromatic heterocycles. The molecule has 0 spiro atoms. The highest BCUT2D eigenvalue weighted by Gasteiger charge is 2.31. The van der Waals surface area contributed by atoms with Crippen molar-refractivity contribution in [1.82, 2.24) is 24.4 Å². The van der Waals surface area contributed by atoms with Crippen molar-refractivity contribution in [3.8, 4) is 23.4 Å². The van der Waals surface area contributed by atoms with Crippen LogP contribution >= 0.6 is 0 Å². The zero-order valence-corrected chi connectivity index (χ0v) is 19.6. The fraction of sp³-hybridized carbons (Fsp3) is 0.360. The molecule has 0 bridgehead atoms. The van der Waals surface area contributed by atoms with E-state index in [4.69, 9.17) is 4.98 Å². The number of rotatable bonds is 6. The van der Waals surface area contributed by atoms with Crippen molar-refractivity contribution in [2.45, 2.75) is 38.8 Å². The number of aliphatic hydroxyl groups excluding tert-OH is 1. The van der Waals surface area contributed by atoms with Gasteiger partial charge in [0.05, 0.1) is 54.6 Å². The van der Waals surface area contributed by atoms with Gasteiger partial charge in [-0.15, -0.1) is 0 Å². The smallest absolute Gasteiger partial charge is 0.143 e. The van der Waals surface area contributed by atoms with E-state index in [9.17, 15) is 20.0 Å². The van der Waals surface area contributed by atoms with Crippen LogP contribution in [0.15, 0.2) is 30.7 Å². The molecule has 8 nitrogen and oxygen atoms in total. The third-order valence-electron chi connectivity index (χ3n) is 5.82. The standard InChI is InChI=1S/C25H26FN7O/c1-25(2,3)21-20-23-19(31-14-32(23)4)12-30-24(20)33(13-18(11-28)29-5-6-34)22(21)16-7-15(10-27)8-17(26)9-16/h7-9,12,14,18,29,34H,5-6,13H2,1-4H3. The van der Waals surface area contributed by atoms with Crippen LogP contribution < -0.4 is 5.32 Å². The summed E-state index contributed by atoms with van der Waals surface area (Å²) < 4.78 is 18.4. The second kappa shape index (κ2) is 8.86. The molecule has 1 atom stereocenters. The summed E-state index contributed by atoms with van der Waals surface area (Å²) in [7, 11) is 1.91. The van der Waals surface area contributed by atoms with Crippen molar-refractivity contribution in [3.05, 3.63) is 47.7 Å². The summed E-state index contributed by atoms with van der Waals surface area (Å²) >= 11 is 0. The van der Waals surface area contributed by atoms with Gasteiger partial charge in [-0.2, -0.15) is 10.5 Å². The first-order chi connectivity index (χ1) is 16.2. The Labute approximate surface area is 196 Å². The van der Waals surface area contributed by atoms with Gasteiger partial charge < -0.3 is 14.2 Å². The first-order valence-corrected chi connectivity index (χ1v) is 11.0. The second-order valence-electron chi connectivity index (χ2n) is 9.33. The molecule has 0 fully saturated rings. The number of hydrogen-bond donors (Lipinski definition) is 2. The van der Waals surface area contributed by atoms with E-state index in [1.54, 1.807) is 18.6 Å². The Morgan fingerprint density at radius 1 is 1.21 bits per heavy atom. The fourth-order valence-corrected chi connectivity index (χ4v) is 4.51. The summed E-state index contributed by atoms with van der Waals surface area (Å²) in [5.41, 5.74) is 4.25. The summed E-state index contributed by atoms with van der Waals surface area (Å²) in [5, 5.41) is 32.4. The minimum absolute atomic E-state index is 0.103. The van der Waals surface area contributed by atoms with Crippen LogP contribution in [-0.4, -0.2) is 43.4 Å². The molecule has 1 aromatic carbocycles. The van der Waals surface area contributed by atoms with Gasteiger partial charge in [-0.1, -0.05) is 20.8 Å². The Morgan fingerprint density at radius 3 is 2.62 bits per heavy atom. The van der Waals surface area contributed by atoms with Gasteiger partial charge in [-0.25, -0.2) is 14.4 Å². The van der Waals surface area contributed by atoms with Gasteiger partial charge in [0.1, 0.15) is 23.0 Å². The van der Waals surface area contributed by atoms with E-state index < -0.39 is 17.3 Å². The van der Waals surface area contributed by atoms with Gasteiger partial charge in [0.25, 0.3) is 0 Å². The molecule has 0 saturated heterocycles. The van der Waals surface area contributed by atoms with Crippen LogP contribution in [0.25, 0.3) is 33.3 Å². The highest BCUT2D eigenvalue weighted by atomic mass is 19.1. The Morgan fingerprint density at radius 2 is 1.97 bits per heavy atom. The molecule has 174 valence electrons. The van der Waals surface area contributed by atoms with E-state index in [0.29, 0.717) is 16.9 Å². The number of benzene rings is 1. The maximum atomic E-state index is 14.6.